The number of hydrogen-bond acceptors (Lipinski definition) is 4. The standard InChI is InChI=1S/C23H17NO3/c25-21(17-11-5-2-6-12-17)23-15-26-19-14-8-7-13-18(19)22(23)27-24-20(23)16-9-3-1-4-10-16/h1-14,22H,15H2/t22-,23-/m1/s1. The molecule has 0 aliphatic carbocycles. The molecule has 4 nitrogen and oxygen atoms in total. The van der Waals surface area contributed by atoms with Crippen LogP contribution in [0.25, 0.3) is 0 Å². The molecule has 2 aliphatic rings. The van der Waals surface area contributed by atoms with Crippen LogP contribution in [0.4, 0.5) is 0 Å². The van der Waals surface area contributed by atoms with Gasteiger partial charge >= 0.3 is 0 Å². The minimum Gasteiger partial charge on any atom is -0.492 e. The van der Waals surface area contributed by atoms with E-state index in [1.807, 2.05) is 84.9 Å². The second-order valence-electron chi connectivity index (χ2n) is 6.78. The van der Waals surface area contributed by atoms with Crippen molar-refractivity contribution in [2.75, 3.05) is 6.61 Å². The molecule has 5 rings (SSSR count). The normalized spacial score (nSPS) is 22.7. The van der Waals surface area contributed by atoms with E-state index in [1.54, 1.807) is 0 Å². The number of nitrogens with zero attached hydrogens (tertiary/aromatic N) is 1. The lowest BCUT2D eigenvalue weighted by molar-refractivity contribution is -0.00619. The van der Waals surface area contributed by atoms with Gasteiger partial charge in [-0.25, -0.2) is 0 Å². The van der Waals surface area contributed by atoms with Gasteiger partial charge in [0.15, 0.2) is 17.3 Å². The van der Waals surface area contributed by atoms with Crippen molar-refractivity contribution in [3.8, 4) is 5.75 Å². The van der Waals surface area contributed by atoms with E-state index >= 15 is 0 Å². The highest BCUT2D eigenvalue weighted by atomic mass is 16.7. The van der Waals surface area contributed by atoms with E-state index in [0.717, 1.165) is 16.9 Å². The smallest absolute Gasteiger partial charge is 0.182 e. The van der Waals surface area contributed by atoms with E-state index in [4.69, 9.17) is 9.57 Å². The van der Waals surface area contributed by atoms with Crippen molar-refractivity contribution in [1.29, 1.82) is 0 Å². The molecule has 3 aromatic rings. The molecule has 3 aromatic carbocycles. The fourth-order valence-corrected chi connectivity index (χ4v) is 3.93. The molecule has 132 valence electrons. The van der Waals surface area contributed by atoms with Crippen LogP contribution < -0.4 is 4.74 Å². The predicted molar refractivity (Wildman–Crippen MR) is 102 cm³/mol. The summed E-state index contributed by atoms with van der Waals surface area (Å²) in [5.41, 5.74) is 1.95. The lowest BCUT2D eigenvalue weighted by Crippen LogP contribution is -2.49. The Morgan fingerprint density at radius 3 is 2.33 bits per heavy atom. The SMILES string of the molecule is O=C(c1ccccc1)[C@]12COc3ccccc3[C@H]1ON=C2c1ccccc1. The van der Waals surface area contributed by atoms with Gasteiger partial charge in [0.25, 0.3) is 0 Å². The van der Waals surface area contributed by atoms with E-state index in [1.165, 1.54) is 0 Å². The number of rotatable bonds is 3. The maximum atomic E-state index is 13.8. The van der Waals surface area contributed by atoms with Crippen LogP contribution in [-0.2, 0) is 4.84 Å². The summed E-state index contributed by atoms with van der Waals surface area (Å²) >= 11 is 0. The van der Waals surface area contributed by atoms with Gasteiger partial charge in [-0.3, -0.25) is 4.79 Å². The Morgan fingerprint density at radius 2 is 1.56 bits per heavy atom. The van der Waals surface area contributed by atoms with Crippen LogP contribution in [0.3, 0.4) is 0 Å². The molecule has 0 fully saturated rings. The van der Waals surface area contributed by atoms with Crippen LogP contribution in [-0.4, -0.2) is 18.1 Å². The molecule has 0 unspecified atom stereocenters. The Morgan fingerprint density at radius 1 is 0.889 bits per heavy atom. The predicted octanol–water partition coefficient (Wildman–Crippen LogP) is 4.42. The first-order valence-corrected chi connectivity index (χ1v) is 8.92. The van der Waals surface area contributed by atoms with E-state index < -0.39 is 11.5 Å². The molecular formula is C23H17NO3. The molecule has 2 aliphatic heterocycles. The van der Waals surface area contributed by atoms with E-state index in [9.17, 15) is 4.79 Å². The van der Waals surface area contributed by atoms with Crippen LogP contribution in [0, 0.1) is 5.41 Å². The zero-order valence-electron chi connectivity index (χ0n) is 14.5. The summed E-state index contributed by atoms with van der Waals surface area (Å²) in [6.45, 7) is 0.191. The summed E-state index contributed by atoms with van der Waals surface area (Å²) in [6.07, 6.45) is -0.509. The number of benzene rings is 3. The second-order valence-corrected chi connectivity index (χ2v) is 6.78. The molecule has 2 atom stereocenters. The molecule has 0 amide bonds. The van der Waals surface area contributed by atoms with Gasteiger partial charge in [-0.1, -0.05) is 84.0 Å². The Balaban J connectivity index is 1.70. The van der Waals surface area contributed by atoms with Crippen LogP contribution in [0.2, 0.25) is 0 Å². The fraction of sp³-hybridized carbons (Fsp3) is 0.130. The largest absolute Gasteiger partial charge is 0.492 e. The number of fused-ring (bicyclic) bond motifs is 3. The average Bonchev–Trinajstić information content (AvgIpc) is 3.15. The van der Waals surface area contributed by atoms with Crippen LogP contribution in [0.15, 0.2) is 90.1 Å². The third-order valence-electron chi connectivity index (χ3n) is 5.26. The number of ketones is 1. The summed E-state index contributed by atoms with van der Waals surface area (Å²) in [7, 11) is 0. The monoisotopic (exact) mass is 355 g/mol. The van der Waals surface area contributed by atoms with Crippen molar-refractivity contribution in [3.63, 3.8) is 0 Å². The highest BCUT2D eigenvalue weighted by Gasteiger charge is 2.60. The van der Waals surface area contributed by atoms with Crippen LogP contribution >= 0.6 is 0 Å². The highest BCUT2D eigenvalue weighted by Crippen LogP contribution is 2.52. The summed E-state index contributed by atoms with van der Waals surface area (Å²) in [5.74, 6) is 0.700. The fourth-order valence-electron chi connectivity index (χ4n) is 3.93. The second kappa shape index (κ2) is 6.09. The van der Waals surface area contributed by atoms with E-state index in [0.29, 0.717) is 11.3 Å². The molecule has 0 saturated heterocycles. The molecule has 4 heteroatoms. The van der Waals surface area contributed by atoms with Crippen molar-refractivity contribution in [2.45, 2.75) is 6.10 Å². The zero-order chi connectivity index (χ0) is 18.3. The summed E-state index contributed by atoms with van der Waals surface area (Å²) in [5, 5.41) is 4.38. The zero-order valence-corrected chi connectivity index (χ0v) is 14.5. The first-order chi connectivity index (χ1) is 13.3. The molecule has 2 heterocycles. The van der Waals surface area contributed by atoms with Gasteiger partial charge in [-0.15, -0.1) is 0 Å². The summed E-state index contributed by atoms with van der Waals surface area (Å²) in [4.78, 5) is 19.6. The van der Waals surface area contributed by atoms with E-state index in [2.05, 4.69) is 5.16 Å². The van der Waals surface area contributed by atoms with Gasteiger partial charge in [-0.05, 0) is 6.07 Å². The quantitative estimate of drug-likeness (QED) is 0.653. The van der Waals surface area contributed by atoms with Gasteiger partial charge in [0, 0.05) is 16.7 Å². The van der Waals surface area contributed by atoms with E-state index in [-0.39, 0.29) is 12.4 Å². The Bertz CT molecular complexity index is 1030. The van der Waals surface area contributed by atoms with Gasteiger partial charge in [-0.2, -0.15) is 0 Å². The lowest BCUT2D eigenvalue weighted by atomic mass is 9.68. The molecule has 0 aromatic heterocycles. The third kappa shape index (κ3) is 2.30. The molecule has 0 radical (unpaired) electrons. The topological polar surface area (TPSA) is 47.9 Å². The first kappa shape index (κ1) is 15.8. The Labute approximate surface area is 157 Å². The third-order valence-corrected chi connectivity index (χ3v) is 5.26. The molecule has 0 N–H and O–H groups in total. The van der Waals surface area contributed by atoms with Crippen molar-refractivity contribution >= 4 is 11.5 Å². The summed E-state index contributed by atoms with van der Waals surface area (Å²) < 4.78 is 6.05. The van der Waals surface area contributed by atoms with Crippen molar-refractivity contribution in [3.05, 3.63) is 102 Å². The molecule has 0 saturated carbocycles. The van der Waals surface area contributed by atoms with Crippen molar-refractivity contribution in [1.82, 2.24) is 0 Å². The highest BCUT2D eigenvalue weighted by molar-refractivity contribution is 6.23. The Hall–Kier alpha value is -3.40. The Kier molecular flexibility index (Phi) is 3.57. The van der Waals surface area contributed by atoms with Crippen molar-refractivity contribution in [2.24, 2.45) is 10.6 Å². The van der Waals surface area contributed by atoms with Gasteiger partial charge in [0.2, 0.25) is 0 Å². The van der Waals surface area contributed by atoms with Gasteiger partial charge < -0.3 is 9.57 Å². The summed E-state index contributed by atoms with van der Waals surface area (Å²) in [6, 6.07) is 26.7. The number of para-hydroxylation sites is 1. The van der Waals surface area contributed by atoms with Crippen LogP contribution in [0.1, 0.15) is 27.6 Å². The molecule has 0 spiro atoms. The van der Waals surface area contributed by atoms with Gasteiger partial charge in [0.1, 0.15) is 18.1 Å². The number of Topliss-reactive ketones (excluding diaryl/α,β-unsaturated/α-hetero) is 1. The minimum atomic E-state index is -1.02. The molecule has 27 heavy (non-hydrogen) atoms. The number of hydrogen-bond donors (Lipinski definition) is 0. The number of carbonyl (C=O) groups excluding carboxylic acids is 1. The van der Waals surface area contributed by atoms with Crippen molar-refractivity contribution < 1.29 is 14.4 Å². The number of oxime groups is 1. The maximum Gasteiger partial charge on any atom is 0.182 e. The minimum absolute atomic E-state index is 0.0392. The van der Waals surface area contributed by atoms with Crippen LogP contribution in [0.5, 0.6) is 5.75 Å². The van der Waals surface area contributed by atoms with Gasteiger partial charge in [0.05, 0.1) is 0 Å². The number of carbonyl (C=O) groups is 1. The average molecular weight is 355 g/mol. The maximum absolute atomic E-state index is 13.8. The lowest BCUT2D eigenvalue weighted by Gasteiger charge is -2.37. The number of ether oxygens (including phenoxy) is 1. The molecular weight excluding hydrogens is 338 g/mol. The first-order valence-electron chi connectivity index (χ1n) is 8.92. The molecule has 0 bridgehead atoms.